The zero-order chi connectivity index (χ0) is 9.45. The van der Waals surface area contributed by atoms with Gasteiger partial charge in [0.15, 0.2) is 0 Å². The third-order valence-corrected chi connectivity index (χ3v) is 2.36. The van der Waals surface area contributed by atoms with Gasteiger partial charge in [-0.2, -0.15) is 0 Å². The summed E-state index contributed by atoms with van der Waals surface area (Å²) in [5.41, 5.74) is 0. The third-order valence-electron chi connectivity index (χ3n) is 1.01. The molecule has 2 nitrogen and oxygen atoms in total. The first kappa shape index (κ1) is 11.5. The summed E-state index contributed by atoms with van der Waals surface area (Å²) in [5, 5.41) is 0. The van der Waals surface area contributed by atoms with Crippen LogP contribution in [0.3, 0.4) is 0 Å². The fourth-order valence-electron chi connectivity index (χ4n) is 0.385. The van der Waals surface area contributed by atoms with E-state index in [9.17, 15) is 8.42 Å². The van der Waals surface area contributed by atoms with E-state index in [1.54, 1.807) is 0 Å². The van der Waals surface area contributed by atoms with Crippen molar-refractivity contribution in [1.29, 1.82) is 0 Å². The summed E-state index contributed by atoms with van der Waals surface area (Å²) in [5.74, 6) is 0.00849. The second-order valence-corrected chi connectivity index (χ2v) is 5.05. The van der Waals surface area contributed by atoms with Crippen molar-refractivity contribution < 1.29 is 8.42 Å². The summed E-state index contributed by atoms with van der Waals surface area (Å²) in [7, 11) is 1.50. The van der Waals surface area contributed by atoms with Crippen LogP contribution in [0.5, 0.6) is 0 Å². The summed E-state index contributed by atoms with van der Waals surface area (Å²) in [6, 6.07) is 12.0. The molecule has 12 heavy (non-hydrogen) atoms. The molecule has 68 valence electrons. The van der Waals surface area contributed by atoms with Crippen molar-refractivity contribution in [2.75, 3.05) is 5.75 Å². The number of rotatable bonds is 1. The van der Waals surface area contributed by atoms with Crippen molar-refractivity contribution in [1.82, 2.24) is 0 Å². The maximum absolute atomic E-state index is 9.77. The molecule has 0 unspecified atom stereocenters. The van der Waals surface area contributed by atoms with Gasteiger partial charge >= 0.3 is 0 Å². The first-order valence-electron chi connectivity index (χ1n) is 3.48. The molecule has 0 N–H and O–H groups in total. The second-order valence-electron chi connectivity index (χ2n) is 1.98. The van der Waals surface area contributed by atoms with Gasteiger partial charge in [-0.3, -0.25) is 0 Å². The highest BCUT2D eigenvalue weighted by atomic mass is 35.7. The second kappa shape index (κ2) is 6.03. The van der Waals surface area contributed by atoms with Crippen molar-refractivity contribution in [2.24, 2.45) is 0 Å². The quantitative estimate of drug-likeness (QED) is 0.661. The fourth-order valence-corrected chi connectivity index (χ4v) is 0.385. The van der Waals surface area contributed by atoms with Gasteiger partial charge in [-0.15, -0.1) is 0 Å². The molecule has 0 heterocycles. The van der Waals surface area contributed by atoms with Crippen LogP contribution >= 0.6 is 10.7 Å². The SMILES string of the molecule is CCS(=O)(=O)Cl.c1ccccc1. The average molecular weight is 207 g/mol. The van der Waals surface area contributed by atoms with Gasteiger partial charge in [0.25, 0.3) is 0 Å². The summed E-state index contributed by atoms with van der Waals surface area (Å²) in [6.45, 7) is 1.49. The fraction of sp³-hybridized carbons (Fsp3) is 0.250. The van der Waals surface area contributed by atoms with E-state index in [1.165, 1.54) is 6.92 Å². The van der Waals surface area contributed by atoms with E-state index in [4.69, 9.17) is 0 Å². The van der Waals surface area contributed by atoms with Gasteiger partial charge in [-0.05, 0) is 0 Å². The van der Waals surface area contributed by atoms with E-state index in [1.807, 2.05) is 36.4 Å². The zero-order valence-electron chi connectivity index (χ0n) is 6.77. The molecule has 0 bridgehead atoms. The van der Waals surface area contributed by atoms with Crippen molar-refractivity contribution in [3.05, 3.63) is 36.4 Å². The normalized spacial score (nSPS) is 9.83. The molecule has 0 aromatic heterocycles. The smallest absolute Gasteiger partial charge is 0.212 e. The molecule has 0 amide bonds. The number of benzene rings is 1. The van der Waals surface area contributed by atoms with Gasteiger partial charge in [0, 0.05) is 10.7 Å². The Morgan fingerprint density at radius 1 is 1.00 bits per heavy atom. The van der Waals surface area contributed by atoms with Crippen LogP contribution in [0.1, 0.15) is 6.92 Å². The molecule has 0 atom stereocenters. The molecule has 0 saturated heterocycles. The zero-order valence-corrected chi connectivity index (χ0v) is 8.35. The van der Waals surface area contributed by atoms with Gasteiger partial charge < -0.3 is 0 Å². The first-order chi connectivity index (χ1) is 5.56. The van der Waals surface area contributed by atoms with Crippen molar-refractivity contribution in [2.45, 2.75) is 6.92 Å². The van der Waals surface area contributed by atoms with E-state index in [0.717, 1.165) is 0 Å². The molecule has 0 aliphatic heterocycles. The van der Waals surface area contributed by atoms with Crippen LogP contribution < -0.4 is 0 Å². The molecular formula is C8H11ClO2S. The molecule has 0 saturated carbocycles. The largest absolute Gasteiger partial charge is 0.232 e. The monoisotopic (exact) mass is 206 g/mol. The summed E-state index contributed by atoms with van der Waals surface area (Å²) in [6.07, 6.45) is 0. The van der Waals surface area contributed by atoms with E-state index in [0.29, 0.717) is 0 Å². The Labute approximate surface area is 77.6 Å². The maximum Gasteiger partial charge on any atom is 0.232 e. The molecule has 4 heteroatoms. The van der Waals surface area contributed by atoms with Crippen LogP contribution in [-0.4, -0.2) is 14.2 Å². The lowest BCUT2D eigenvalue weighted by atomic mass is 10.4. The van der Waals surface area contributed by atoms with Crippen LogP contribution in [0.25, 0.3) is 0 Å². The summed E-state index contributed by atoms with van der Waals surface area (Å²) in [4.78, 5) is 0. The third kappa shape index (κ3) is 9.46. The van der Waals surface area contributed by atoms with Crippen LogP contribution in [0.15, 0.2) is 36.4 Å². The van der Waals surface area contributed by atoms with E-state index >= 15 is 0 Å². The lowest BCUT2D eigenvalue weighted by Gasteiger charge is -1.77. The van der Waals surface area contributed by atoms with Crippen LogP contribution in [-0.2, 0) is 9.05 Å². The minimum Gasteiger partial charge on any atom is -0.212 e. The number of hydrogen-bond acceptors (Lipinski definition) is 2. The standard InChI is InChI=1S/C6H6.C2H5ClO2S/c1-2-4-6-5-3-1;1-2-6(3,4)5/h1-6H;2H2,1H3. The molecule has 0 aliphatic carbocycles. The van der Waals surface area contributed by atoms with Crippen molar-refractivity contribution in [3.8, 4) is 0 Å². The minimum absolute atomic E-state index is 0.00849. The Hall–Kier alpha value is -0.540. The molecule has 0 fully saturated rings. The lowest BCUT2D eigenvalue weighted by Crippen LogP contribution is -1.88. The van der Waals surface area contributed by atoms with Crippen LogP contribution in [0, 0.1) is 0 Å². The first-order valence-corrected chi connectivity index (χ1v) is 5.96. The summed E-state index contributed by atoms with van der Waals surface area (Å²) < 4.78 is 19.5. The predicted molar refractivity (Wildman–Crippen MR) is 51.8 cm³/mol. The Morgan fingerprint density at radius 3 is 1.25 bits per heavy atom. The number of halogens is 1. The highest BCUT2D eigenvalue weighted by Crippen LogP contribution is 1.91. The Balaban J connectivity index is 0.000000202. The van der Waals surface area contributed by atoms with Gasteiger partial charge in [0.1, 0.15) is 0 Å². The van der Waals surface area contributed by atoms with Crippen molar-refractivity contribution in [3.63, 3.8) is 0 Å². The van der Waals surface area contributed by atoms with Gasteiger partial charge in [0.05, 0.1) is 5.75 Å². The molecule has 1 rings (SSSR count). The Bertz CT molecular complexity index is 254. The number of hydrogen-bond donors (Lipinski definition) is 0. The average Bonchev–Trinajstić information content (AvgIpc) is 2.07. The van der Waals surface area contributed by atoms with E-state index < -0.39 is 9.05 Å². The predicted octanol–water partition coefficient (Wildman–Crippen LogP) is 2.26. The van der Waals surface area contributed by atoms with Gasteiger partial charge in [-0.1, -0.05) is 43.3 Å². The molecule has 1 aromatic rings. The molecule has 0 radical (unpaired) electrons. The Morgan fingerprint density at radius 2 is 1.17 bits per heavy atom. The van der Waals surface area contributed by atoms with Gasteiger partial charge in [0.2, 0.25) is 9.05 Å². The Kier molecular flexibility index (Phi) is 5.76. The van der Waals surface area contributed by atoms with E-state index in [-0.39, 0.29) is 5.75 Å². The molecule has 0 spiro atoms. The van der Waals surface area contributed by atoms with Crippen molar-refractivity contribution >= 4 is 19.7 Å². The highest BCUT2D eigenvalue weighted by Gasteiger charge is 1.94. The van der Waals surface area contributed by atoms with Crippen LogP contribution in [0.2, 0.25) is 0 Å². The van der Waals surface area contributed by atoms with E-state index in [2.05, 4.69) is 10.7 Å². The highest BCUT2D eigenvalue weighted by molar-refractivity contribution is 8.13. The maximum atomic E-state index is 9.77. The van der Waals surface area contributed by atoms with Gasteiger partial charge in [-0.25, -0.2) is 8.42 Å². The summed E-state index contributed by atoms with van der Waals surface area (Å²) >= 11 is 0. The van der Waals surface area contributed by atoms with Crippen LogP contribution in [0.4, 0.5) is 0 Å². The molecule has 0 aliphatic rings. The molecule has 1 aromatic carbocycles. The topological polar surface area (TPSA) is 34.1 Å². The minimum atomic E-state index is -3.19. The lowest BCUT2D eigenvalue weighted by molar-refractivity contribution is 0.610. The molecular weight excluding hydrogens is 196 g/mol.